The molecule has 3 nitrogen and oxygen atoms in total. The summed E-state index contributed by atoms with van der Waals surface area (Å²) in [6.07, 6.45) is 7.02. The van der Waals surface area contributed by atoms with E-state index >= 15 is 0 Å². The summed E-state index contributed by atoms with van der Waals surface area (Å²) < 4.78 is 0. The summed E-state index contributed by atoms with van der Waals surface area (Å²) in [7, 11) is 0. The van der Waals surface area contributed by atoms with Gasteiger partial charge in [0.25, 0.3) is 5.91 Å². The van der Waals surface area contributed by atoms with E-state index in [1.165, 1.54) is 0 Å². The zero-order chi connectivity index (χ0) is 8.89. The molecule has 1 fully saturated rings. The topological polar surface area (TPSA) is 42.3 Å². The van der Waals surface area contributed by atoms with Gasteiger partial charge < -0.3 is 0 Å². The van der Waals surface area contributed by atoms with E-state index in [2.05, 4.69) is 9.98 Å². The van der Waals surface area contributed by atoms with Gasteiger partial charge in [0.05, 0.1) is 5.41 Å². The van der Waals surface area contributed by atoms with Crippen LogP contribution in [0, 0.1) is 0 Å². The fourth-order valence-electron chi connectivity index (χ4n) is 1.92. The second-order valence-corrected chi connectivity index (χ2v) is 3.61. The first-order valence-electron chi connectivity index (χ1n) is 4.36. The summed E-state index contributed by atoms with van der Waals surface area (Å²) in [5, 5.41) is 0. The molecular weight excluding hydrogens is 164 g/mol. The Morgan fingerprint density at radius 3 is 3.00 bits per heavy atom. The van der Waals surface area contributed by atoms with Crippen LogP contribution in [0.2, 0.25) is 0 Å². The molecule has 0 saturated heterocycles. The van der Waals surface area contributed by atoms with Crippen LogP contribution >= 0.6 is 0 Å². The average Bonchev–Trinajstić information content (AvgIpc) is 2.94. The largest absolute Gasteiger partial charge is 0.272 e. The van der Waals surface area contributed by atoms with Crippen LogP contribution in [-0.4, -0.2) is 17.1 Å². The van der Waals surface area contributed by atoms with Gasteiger partial charge in [0.15, 0.2) is 0 Å². The molecule has 0 atom stereocenters. The lowest BCUT2D eigenvalue weighted by Gasteiger charge is -2.17. The first kappa shape index (κ1) is 6.95. The number of carbonyl (C=O) groups excluding carboxylic acids is 1. The molecule has 0 unspecified atom stereocenters. The minimum Gasteiger partial charge on any atom is -0.272 e. The van der Waals surface area contributed by atoms with E-state index in [0.717, 1.165) is 24.0 Å². The van der Waals surface area contributed by atoms with Gasteiger partial charge in [0.1, 0.15) is 0 Å². The highest BCUT2D eigenvalue weighted by atomic mass is 16.1. The number of amides is 1. The third-order valence-corrected chi connectivity index (χ3v) is 2.85. The summed E-state index contributed by atoms with van der Waals surface area (Å²) in [4.78, 5) is 19.4. The van der Waals surface area contributed by atoms with Gasteiger partial charge in [-0.1, -0.05) is 0 Å². The molecule has 0 N–H and O–H groups in total. The number of pyridine rings is 1. The molecule has 1 amide bonds. The molecule has 2 aliphatic rings. The van der Waals surface area contributed by atoms with Crippen LogP contribution in [0.15, 0.2) is 23.5 Å². The number of rotatable bonds is 0. The number of hydrogen-bond acceptors (Lipinski definition) is 2. The maximum Gasteiger partial charge on any atom is 0.256 e. The fraction of sp³-hybridized carbons (Fsp3) is 0.300. The minimum absolute atomic E-state index is 0.0196. The second-order valence-electron chi connectivity index (χ2n) is 3.61. The molecule has 1 aliphatic heterocycles. The number of aliphatic imine (C=N–C) groups is 1. The minimum atomic E-state index is -0.257. The van der Waals surface area contributed by atoms with E-state index in [1.807, 2.05) is 6.07 Å². The molecule has 3 rings (SSSR count). The Hall–Kier alpha value is -1.51. The molecule has 1 saturated carbocycles. The van der Waals surface area contributed by atoms with E-state index in [9.17, 15) is 4.79 Å². The summed E-state index contributed by atoms with van der Waals surface area (Å²) in [5.74, 6) is 0.0196. The van der Waals surface area contributed by atoms with Crippen molar-refractivity contribution >= 4 is 12.1 Å². The van der Waals surface area contributed by atoms with Crippen LogP contribution < -0.4 is 0 Å². The van der Waals surface area contributed by atoms with Crippen molar-refractivity contribution in [1.29, 1.82) is 0 Å². The van der Waals surface area contributed by atoms with Crippen molar-refractivity contribution in [2.24, 2.45) is 4.99 Å². The molecule has 2 heterocycles. The van der Waals surface area contributed by atoms with Crippen molar-refractivity contribution in [3.8, 4) is 0 Å². The van der Waals surface area contributed by atoms with Gasteiger partial charge in [-0.05, 0) is 24.5 Å². The van der Waals surface area contributed by atoms with Gasteiger partial charge >= 0.3 is 0 Å². The fourth-order valence-corrected chi connectivity index (χ4v) is 1.92. The first-order chi connectivity index (χ1) is 6.33. The van der Waals surface area contributed by atoms with Gasteiger partial charge in [-0.15, -0.1) is 0 Å². The predicted octanol–water partition coefficient (Wildman–Crippen LogP) is 1.07. The summed E-state index contributed by atoms with van der Waals surface area (Å²) in [6.45, 7) is 0. The molecule has 0 aromatic carbocycles. The van der Waals surface area contributed by atoms with E-state index < -0.39 is 0 Å². The number of fused-ring (bicyclic) bond motifs is 2. The zero-order valence-corrected chi connectivity index (χ0v) is 7.03. The molecular formula is C10H8N2O. The maximum absolute atomic E-state index is 11.5. The summed E-state index contributed by atoms with van der Waals surface area (Å²) in [6, 6.07) is 1.94. The van der Waals surface area contributed by atoms with Gasteiger partial charge in [0, 0.05) is 24.2 Å². The van der Waals surface area contributed by atoms with Crippen molar-refractivity contribution in [1.82, 2.24) is 4.98 Å². The van der Waals surface area contributed by atoms with Crippen molar-refractivity contribution in [2.75, 3.05) is 0 Å². The van der Waals surface area contributed by atoms with E-state index in [4.69, 9.17) is 0 Å². The molecule has 1 aliphatic carbocycles. The quantitative estimate of drug-likeness (QED) is 0.587. The highest BCUT2D eigenvalue weighted by Crippen LogP contribution is 2.51. The van der Waals surface area contributed by atoms with Crippen LogP contribution in [0.1, 0.15) is 24.0 Å². The van der Waals surface area contributed by atoms with Gasteiger partial charge in [-0.25, -0.2) is 4.99 Å². The van der Waals surface area contributed by atoms with Crippen molar-refractivity contribution in [2.45, 2.75) is 18.3 Å². The highest BCUT2D eigenvalue weighted by Gasteiger charge is 2.53. The Morgan fingerprint density at radius 1 is 1.38 bits per heavy atom. The predicted molar refractivity (Wildman–Crippen MR) is 47.8 cm³/mol. The van der Waals surface area contributed by atoms with E-state index in [-0.39, 0.29) is 11.3 Å². The number of hydrogen-bond donors (Lipinski definition) is 0. The zero-order valence-electron chi connectivity index (χ0n) is 7.03. The van der Waals surface area contributed by atoms with Crippen molar-refractivity contribution in [3.05, 3.63) is 29.6 Å². The van der Waals surface area contributed by atoms with Crippen LogP contribution in [0.4, 0.5) is 0 Å². The molecule has 0 radical (unpaired) electrons. The monoisotopic (exact) mass is 172 g/mol. The third kappa shape index (κ3) is 0.763. The Balaban J connectivity index is 2.28. The van der Waals surface area contributed by atoms with Crippen LogP contribution in [-0.2, 0) is 10.2 Å². The third-order valence-electron chi connectivity index (χ3n) is 2.85. The lowest BCUT2D eigenvalue weighted by molar-refractivity contribution is -0.120. The second kappa shape index (κ2) is 2.05. The van der Waals surface area contributed by atoms with E-state index in [0.29, 0.717) is 0 Å². The Morgan fingerprint density at radius 2 is 2.23 bits per heavy atom. The molecule has 1 spiro atoms. The summed E-state index contributed by atoms with van der Waals surface area (Å²) in [5.41, 5.74) is 1.86. The smallest absolute Gasteiger partial charge is 0.256 e. The molecule has 3 heteroatoms. The summed E-state index contributed by atoms with van der Waals surface area (Å²) >= 11 is 0. The standard InChI is InChI=1S/C10H8N2O/c13-9-10(2-3-10)8-1-4-11-5-7(8)6-12-9/h1,4-6H,2-3H2. The van der Waals surface area contributed by atoms with E-state index in [1.54, 1.807) is 18.6 Å². The van der Waals surface area contributed by atoms with Gasteiger partial charge in [-0.2, -0.15) is 0 Å². The normalized spacial score (nSPS) is 21.7. The molecule has 13 heavy (non-hydrogen) atoms. The SMILES string of the molecule is O=C1N=Cc2cnccc2C12CC2. The number of nitrogens with zero attached hydrogens (tertiary/aromatic N) is 2. The number of carbonyl (C=O) groups is 1. The molecule has 1 aromatic heterocycles. The van der Waals surface area contributed by atoms with Gasteiger partial charge in [-0.3, -0.25) is 9.78 Å². The van der Waals surface area contributed by atoms with Crippen LogP contribution in [0.5, 0.6) is 0 Å². The number of aromatic nitrogens is 1. The molecule has 1 aromatic rings. The average molecular weight is 172 g/mol. The Bertz CT molecular complexity index is 419. The molecule has 64 valence electrons. The van der Waals surface area contributed by atoms with Gasteiger partial charge in [0.2, 0.25) is 0 Å². The molecule has 0 bridgehead atoms. The van der Waals surface area contributed by atoms with Crippen LogP contribution in [0.3, 0.4) is 0 Å². The maximum atomic E-state index is 11.5. The lowest BCUT2D eigenvalue weighted by atomic mass is 9.90. The Kier molecular flexibility index (Phi) is 1.09. The highest BCUT2D eigenvalue weighted by molar-refractivity contribution is 6.05. The Labute approximate surface area is 75.5 Å². The van der Waals surface area contributed by atoms with Crippen molar-refractivity contribution < 1.29 is 4.79 Å². The van der Waals surface area contributed by atoms with Crippen LogP contribution in [0.25, 0.3) is 0 Å². The first-order valence-corrected chi connectivity index (χ1v) is 4.36. The van der Waals surface area contributed by atoms with Crippen molar-refractivity contribution in [3.63, 3.8) is 0 Å². The lowest BCUT2D eigenvalue weighted by Crippen LogP contribution is -2.24.